The number of carbonyl (C=O) groups is 1. The molecule has 0 radical (unpaired) electrons. The van der Waals surface area contributed by atoms with Crippen molar-refractivity contribution < 1.29 is 9.18 Å². The summed E-state index contributed by atoms with van der Waals surface area (Å²) in [5.41, 5.74) is 1.36. The van der Waals surface area contributed by atoms with Crippen molar-refractivity contribution in [1.29, 1.82) is 0 Å². The van der Waals surface area contributed by atoms with Crippen LogP contribution in [0.4, 0.5) is 10.1 Å². The molecule has 110 valence electrons. The molecule has 0 aliphatic heterocycles. The molecule has 0 heterocycles. The van der Waals surface area contributed by atoms with E-state index in [0.29, 0.717) is 17.3 Å². The lowest BCUT2D eigenvalue weighted by Crippen LogP contribution is -2.27. The average molecular weight is 327 g/mol. The first kappa shape index (κ1) is 15.8. The van der Waals surface area contributed by atoms with E-state index in [0.717, 1.165) is 5.56 Å². The maximum absolute atomic E-state index is 13.0. The number of nitrogens with one attached hydrogen (secondary N) is 2. The minimum atomic E-state index is -0.522. The molecule has 21 heavy (non-hydrogen) atoms. The quantitative estimate of drug-likeness (QED) is 0.875. The zero-order valence-electron chi connectivity index (χ0n) is 11.0. The molecule has 2 N–H and O–H groups in total. The molecule has 0 saturated heterocycles. The molecule has 2 aromatic rings. The van der Waals surface area contributed by atoms with E-state index in [9.17, 15) is 9.18 Å². The van der Waals surface area contributed by atoms with Gasteiger partial charge in [-0.3, -0.25) is 4.79 Å². The summed E-state index contributed by atoms with van der Waals surface area (Å²) in [7, 11) is 0. The molecule has 0 aromatic heterocycles. The highest BCUT2D eigenvalue weighted by molar-refractivity contribution is 6.31. The Morgan fingerprint density at radius 1 is 1.10 bits per heavy atom. The van der Waals surface area contributed by atoms with Gasteiger partial charge in [0.05, 0.1) is 11.6 Å². The van der Waals surface area contributed by atoms with Crippen LogP contribution in [0.5, 0.6) is 0 Å². The van der Waals surface area contributed by atoms with E-state index in [-0.39, 0.29) is 17.5 Å². The van der Waals surface area contributed by atoms with E-state index >= 15 is 0 Å². The molecule has 2 rings (SSSR count). The van der Waals surface area contributed by atoms with E-state index in [2.05, 4.69) is 10.6 Å². The maximum Gasteiger partial charge on any atom is 0.238 e. The van der Waals surface area contributed by atoms with Crippen molar-refractivity contribution in [3.05, 3.63) is 63.9 Å². The molecule has 0 fully saturated rings. The highest BCUT2D eigenvalue weighted by Gasteiger charge is 2.05. The molecule has 0 bridgehead atoms. The van der Waals surface area contributed by atoms with Crippen molar-refractivity contribution >= 4 is 34.8 Å². The van der Waals surface area contributed by atoms with Gasteiger partial charge in [0.1, 0.15) is 5.82 Å². The van der Waals surface area contributed by atoms with Gasteiger partial charge in [-0.05, 0) is 29.8 Å². The highest BCUT2D eigenvalue weighted by Crippen LogP contribution is 2.19. The van der Waals surface area contributed by atoms with Crippen LogP contribution in [0.25, 0.3) is 0 Å². The third-order valence-electron chi connectivity index (χ3n) is 2.76. The Bertz CT molecular complexity index is 649. The molecule has 2 aromatic carbocycles. The van der Waals surface area contributed by atoms with Crippen LogP contribution >= 0.6 is 23.2 Å². The van der Waals surface area contributed by atoms with Gasteiger partial charge in [-0.25, -0.2) is 4.39 Å². The topological polar surface area (TPSA) is 41.1 Å². The summed E-state index contributed by atoms with van der Waals surface area (Å²) < 4.78 is 13.0. The number of hydrogen-bond acceptors (Lipinski definition) is 2. The fourth-order valence-corrected chi connectivity index (χ4v) is 2.11. The summed E-state index contributed by atoms with van der Waals surface area (Å²) in [6.45, 7) is 0.595. The molecular formula is C15H13Cl2FN2O. The van der Waals surface area contributed by atoms with Gasteiger partial charge in [-0.15, -0.1) is 0 Å². The summed E-state index contributed by atoms with van der Waals surface area (Å²) in [6.07, 6.45) is 0. The molecule has 6 heteroatoms. The number of carbonyl (C=O) groups excluding carboxylic acids is 1. The molecule has 0 spiro atoms. The van der Waals surface area contributed by atoms with Gasteiger partial charge in [0.15, 0.2) is 0 Å². The van der Waals surface area contributed by atoms with Gasteiger partial charge >= 0.3 is 0 Å². The molecule has 3 nitrogen and oxygen atoms in total. The van der Waals surface area contributed by atoms with Crippen molar-refractivity contribution in [1.82, 2.24) is 5.32 Å². The van der Waals surface area contributed by atoms with Crippen LogP contribution in [0, 0.1) is 5.82 Å². The minimum Gasteiger partial charge on any atom is -0.325 e. The largest absolute Gasteiger partial charge is 0.325 e. The summed E-state index contributed by atoms with van der Waals surface area (Å²) in [5, 5.41) is 6.23. The number of halogens is 3. The van der Waals surface area contributed by atoms with Gasteiger partial charge < -0.3 is 10.6 Å². The molecule has 0 aliphatic rings. The fraction of sp³-hybridized carbons (Fsp3) is 0.133. The zero-order chi connectivity index (χ0) is 15.2. The summed E-state index contributed by atoms with van der Waals surface area (Å²) in [5.74, 6) is -0.767. The first-order valence-electron chi connectivity index (χ1n) is 6.25. The Morgan fingerprint density at radius 2 is 1.86 bits per heavy atom. The number of rotatable bonds is 5. The van der Waals surface area contributed by atoms with Gasteiger partial charge in [-0.2, -0.15) is 0 Å². The summed E-state index contributed by atoms with van der Waals surface area (Å²) >= 11 is 11.7. The lowest BCUT2D eigenvalue weighted by atomic mass is 10.2. The van der Waals surface area contributed by atoms with Crippen LogP contribution in [0.2, 0.25) is 10.0 Å². The highest BCUT2D eigenvalue weighted by atomic mass is 35.5. The lowest BCUT2D eigenvalue weighted by Gasteiger charge is -2.08. The third-order valence-corrected chi connectivity index (χ3v) is 3.42. The second-order valence-corrected chi connectivity index (χ2v) is 5.19. The maximum atomic E-state index is 13.0. The molecule has 0 unspecified atom stereocenters. The van der Waals surface area contributed by atoms with Crippen molar-refractivity contribution in [2.24, 2.45) is 0 Å². The van der Waals surface area contributed by atoms with Crippen molar-refractivity contribution in [2.75, 3.05) is 11.9 Å². The first-order chi connectivity index (χ1) is 10.1. The number of anilines is 1. The van der Waals surface area contributed by atoms with Crippen LogP contribution in [0.1, 0.15) is 5.56 Å². The second kappa shape index (κ2) is 7.41. The molecule has 0 saturated carbocycles. The zero-order valence-corrected chi connectivity index (χ0v) is 12.5. The van der Waals surface area contributed by atoms with Crippen molar-refractivity contribution in [3.8, 4) is 0 Å². The van der Waals surface area contributed by atoms with E-state index in [4.69, 9.17) is 23.2 Å². The molecular weight excluding hydrogens is 314 g/mol. The van der Waals surface area contributed by atoms with E-state index < -0.39 is 5.82 Å². The van der Waals surface area contributed by atoms with Crippen LogP contribution in [0.3, 0.4) is 0 Å². The summed E-state index contributed by atoms with van der Waals surface area (Å²) in [4.78, 5) is 11.7. The fourth-order valence-electron chi connectivity index (χ4n) is 1.73. The number of hydrogen-bond donors (Lipinski definition) is 2. The Kier molecular flexibility index (Phi) is 5.56. The summed E-state index contributed by atoms with van der Waals surface area (Å²) in [6, 6.07) is 11.4. The Hall–Kier alpha value is -1.62. The van der Waals surface area contributed by atoms with Crippen LogP contribution in [0.15, 0.2) is 42.5 Å². The minimum absolute atomic E-state index is 0.0307. The Labute approximate surface area is 132 Å². The first-order valence-corrected chi connectivity index (χ1v) is 7.01. The number of benzene rings is 2. The standard InChI is InChI=1S/C15H13Cl2FN2O/c16-12-4-2-1-3-10(12)8-19-9-15(21)20-11-5-6-14(18)13(17)7-11/h1-7,19H,8-9H2,(H,20,21). The van der Waals surface area contributed by atoms with E-state index in [1.54, 1.807) is 6.07 Å². The smallest absolute Gasteiger partial charge is 0.238 e. The van der Waals surface area contributed by atoms with E-state index in [1.807, 2.05) is 18.2 Å². The normalized spacial score (nSPS) is 10.4. The predicted molar refractivity (Wildman–Crippen MR) is 83.2 cm³/mol. The number of amides is 1. The lowest BCUT2D eigenvalue weighted by molar-refractivity contribution is -0.115. The van der Waals surface area contributed by atoms with Crippen molar-refractivity contribution in [2.45, 2.75) is 6.54 Å². The van der Waals surface area contributed by atoms with Crippen LogP contribution in [-0.4, -0.2) is 12.5 Å². The average Bonchev–Trinajstić information content (AvgIpc) is 2.45. The van der Waals surface area contributed by atoms with Gasteiger partial charge in [0, 0.05) is 17.3 Å². The Balaban J connectivity index is 1.82. The third kappa shape index (κ3) is 4.70. The van der Waals surface area contributed by atoms with Crippen LogP contribution < -0.4 is 10.6 Å². The molecule has 1 amide bonds. The van der Waals surface area contributed by atoms with Crippen molar-refractivity contribution in [3.63, 3.8) is 0 Å². The van der Waals surface area contributed by atoms with E-state index in [1.165, 1.54) is 18.2 Å². The predicted octanol–water partition coefficient (Wildman–Crippen LogP) is 3.86. The van der Waals surface area contributed by atoms with Gasteiger partial charge in [-0.1, -0.05) is 41.4 Å². The second-order valence-electron chi connectivity index (χ2n) is 4.37. The van der Waals surface area contributed by atoms with Crippen LogP contribution in [-0.2, 0) is 11.3 Å². The Morgan fingerprint density at radius 3 is 2.57 bits per heavy atom. The molecule has 0 aliphatic carbocycles. The molecule has 0 atom stereocenters. The van der Waals surface area contributed by atoms with Gasteiger partial charge in [0.25, 0.3) is 0 Å². The SMILES string of the molecule is O=C(CNCc1ccccc1Cl)Nc1ccc(F)c(Cl)c1. The van der Waals surface area contributed by atoms with Gasteiger partial charge in [0.2, 0.25) is 5.91 Å². The monoisotopic (exact) mass is 326 g/mol.